The highest BCUT2D eigenvalue weighted by molar-refractivity contribution is 5.92. The van der Waals surface area contributed by atoms with E-state index in [1.54, 1.807) is 32.9 Å². The highest BCUT2D eigenvalue weighted by Crippen LogP contribution is 2.19. The second-order valence-corrected chi connectivity index (χ2v) is 13.8. The van der Waals surface area contributed by atoms with Crippen molar-refractivity contribution in [2.24, 2.45) is 5.92 Å². The van der Waals surface area contributed by atoms with Gasteiger partial charge >= 0.3 is 12.1 Å². The molecule has 1 fully saturated rings. The second-order valence-electron chi connectivity index (χ2n) is 13.8. The molecule has 0 aliphatic carbocycles. The standard InChI is InChI=1S/C35H54N4O9/c1-10-45-27(40)17-16-26(20-25-18-19-36-30(25)41)37-31(42)28(22(2)47-34(4,5)6)38-32(43)29(23(3)48-35(7,8)9)39-33(44)46-21-24-14-12-11-13-15-24/h11-17,22-23,25-26,28-29H,10,18-21H2,1-9H3,(H,36,41)(H,37,42)(H,38,43)(H,39,44)/t22?,23?,25-,26+,28-,29-/m0/s1. The van der Waals surface area contributed by atoms with Gasteiger partial charge < -0.3 is 40.2 Å². The SMILES string of the molecule is CCOC(=O)C=C[C@H](C[C@@H]1CCNC1=O)NC(=O)[C@@H](NC(=O)[C@@H](NC(=O)OCc1ccccc1)C(C)OC(C)(C)C)C(C)OC(C)(C)C. The minimum Gasteiger partial charge on any atom is -0.463 e. The first-order valence-electron chi connectivity index (χ1n) is 16.4. The fourth-order valence-corrected chi connectivity index (χ4v) is 5.20. The van der Waals surface area contributed by atoms with Crippen LogP contribution >= 0.6 is 0 Å². The highest BCUT2D eigenvalue weighted by atomic mass is 16.6. The van der Waals surface area contributed by atoms with Gasteiger partial charge in [-0.2, -0.15) is 0 Å². The van der Waals surface area contributed by atoms with Crippen molar-refractivity contribution in [2.45, 2.75) is 123 Å². The topological polar surface area (TPSA) is 170 Å². The maximum Gasteiger partial charge on any atom is 0.408 e. The minimum absolute atomic E-state index is 0.0171. The third kappa shape index (κ3) is 14.8. The molecule has 0 bridgehead atoms. The highest BCUT2D eigenvalue weighted by Gasteiger charge is 2.37. The fourth-order valence-electron chi connectivity index (χ4n) is 5.20. The van der Waals surface area contributed by atoms with Crippen LogP contribution in [0.1, 0.15) is 80.7 Å². The van der Waals surface area contributed by atoms with Gasteiger partial charge in [-0.15, -0.1) is 0 Å². The zero-order valence-corrected chi connectivity index (χ0v) is 29.7. The first-order chi connectivity index (χ1) is 22.4. The van der Waals surface area contributed by atoms with E-state index in [1.807, 2.05) is 59.7 Å². The Morgan fingerprint density at radius 1 is 0.875 bits per heavy atom. The number of carbonyl (C=O) groups is 5. The summed E-state index contributed by atoms with van der Waals surface area (Å²) < 4.78 is 22.5. The van der Waals surface area contributed by atoms with Crippen LogP contribution < -0.4 is 21.3 Å². The second kappa shape index (κ2) is 18.5. The fraction of sp³-hybridized carbons (Fsp3) is 0.629. The van der Waals surface area contributed by atoms with Gasteiger partial charge in [-0.05, 0) is 80.7 Å². The lowest BCUT2D eigenvalue weighted by molar-refractivity contribution is -0.141. The molecule has 48 heavy (non-hydrogen) atoms. The summed E-state index contributed by atoms with van der Waals surface area (Å²) in [5.74, 6) is -2.45. The number of alkyl carbamates (subject to hydrolysis) is 1. The smallest absolute Gasteiger partial charge is 0.408 e. The lowest BCUT2D eigenvalue weighted by atomic mass is 9.97. The molecule has 13 heteroatoms. The number of hydrogen-bond acceptors (Lipinski definition) is 9. The molecule has 1 aliphatic heterocycles. The molecule has 0 radical (unpaired) electrons. The van der Waals surface area contributed by atoms with Crippen LogP contribution in [0.2, 0.25) is 0 Å². The summed E-state index contributed by atoms with van der Waals surface area (Å²) in [4.78, 5) is 65.2. The molecular weight excluding hydrogens is 620 g/mol. The van der Waals surface area contributed by atoms with Crippen LogP contribution in [0, 0.1) is 5.92 Å². The Morgan fingerprint density at radius 3 is 1.96 bits per heavy atom. The Hall–Kier alpha value is -3.97. The van der Waals surface area contributed by atoms with Gasteiger partial charge in [0.2, 0.25) is 17.7 Å². The number of benzene rings is 1. The van der Waals surface area contributed by atoms with Crippen LogP contribution in [0.25, 0.3) is 0 Å². The summed E-state index contributed by atoms with van der Waals surface area (Å²) in [6.45, 7) is 16.5. The zero-order valence-electron chi connectivity index (χ0n) is 29.7. The van der Waals surface area contributed by atoms with Gasteiger partial charge in [0, 0.05) is 24.6 Å². The molecule has 13 nitrogen and oxygen atoms in total. The average molecular weight is 675 g/mol. The summed E-state index contributed by atoms with van der Waals surface area (Å²) in [6.07, 6.45) is 0.944. The molecule has 0 aromatic heterocycles. The first-order valence-corrected chi connectivity index (χ1v) is 16.4. The van der Waals surface area contributed by atoms with E-state index in [4.69, 9.17) is 18.9 Å². The van der Waals surface area contributed by atoms with Gasteiger partial charge in [0.05, 0.1) is 30.0 Å². The number of carbonyl (C=O) groups excluding carboxylic acids is 5. The molecule has 1 aromatic carbocycles. The summed E-state index contributed by atoms with van der Waals surface area (Å²) in [7, 11) is 0. The van der Waals surface area contributed by atoms with Gasteiger partial charge in [0.1, 0.15) is 18.7 Å². The Bertz CT molecular complexity index is 1260. The van der Waals surface area contributed by atoms with Crippen LogP contribution in [0.4, 0.5) is 4.79 Å². The van der Waals surface area contributed by atoms with Crippen LogP contribution in [0.5, 0.6) is 0 Å². The molecule has 268 valence electrons. The molecule has 1 aromatic rings. The minimum atomic E-state index is -1.26. The lowest BCUT2D eigenvalue weighted by Crippen LogP contribution is -2.61. The Kier molecular flexibility index (Phi) is 15.5. The van der Waals surface area contributed by atoms with E-state index >= 15 is 0 Å². The predicted octanol–water partition coefficient (Wildman–Crippen LogP) is 3.30. The van der Waals surface area contributed by atoms with Crippen LogP contribution in [-0.2, 0) is 44.7 Å². The van der Waals surface area contributed by atoms with Gasteiger partial charge in [-0.25, -0.2) is 9.59 Å². The van der Waals surface area contributed by atoms with Crippen molar-refractivity contribution < 1.29 is 42.9 Å². The maximum absolute atomic E-state index is 13.9. The van der Waals surface area contributed by atoms with Gasteiger partial charge in [-0.1, -0.05) is 36.4 Å². The van der Waals surface area contributed by atoms with E-state index in [0.29, 0.717) is 13.0 Å². The van der Waals surface area contributed by atoms with E-state index in [-0.39, 0.29) is 31.5 Å². The summed E-state index contributed by atoms with van der Waals surface area (Å²) in [5, 5.41) is 11.0. The molecule has 1 saturated heterocycles. The van der Waals surface area contributed by atoms with Gasteiger partial charge in [0.15, 0.2) is 0 Å². The third-order valence-electron chi connectivity index (χ3n) is 7.15. The molecule has 2 unspecified atom stereocenters. The van der Waals surface area contributed by atoms with Crippen molar-refractivity contribution in [3.05, 3.63) is 48.0 Å². The molecule has 1 aliphatic rings. The first kappa shape index (κ1) is 40.2. The van der Waals surface area contributed by atoms with Crippen molar-refractivity contribution in [1.82, 2.24) is 21.3 Å². The Morgan fingerprint density at radius 2 is 1.44 bits per heavy atom. The van der Waals surface area contributed by atoms with E-state index in [1.165, 1.54) is 12.2 Å². The van der Waals surface area contributed by atoms with Crippen molar-refractivity contribution in [2.75, 3.05) is 13.2 Å². The quantitative estimate of drug-likeness (QED) is 0.152. The molecule has 2 rings (SSSR count). The van der Waals surface area contributed by atoms with E-state index in [2.05, 4.69) is 21.3 Å². The molecule has 0 saturated carbocycles. The number of amides is 4. The van der Waals surface area contributed by atoms with E-state index in [9.17, 15) is 24.0 Å². The summed E-state index contributed by atoms with van der Waals surface area (Å²) in [6, 6.07) is 5.83. The average Bonchev–Trinajstić information content (AvgIpc) is 3.38. The molecule has 6 atom stereocenters. The maximum atomic E-state index is 13.9. The monoisotopic (exact) mass is 674 g/mol. The molecule has 4 N–H and O–H groups in total. The van der Waals surface area contributed by atoms with Crippen molar-refractivity contribution >= 4 is 29.8 Å². The number of ether oxygens (including phenoxy) is 4. The number of nitrogens with one attached hydrogen (secondary N) is 4. The molecule has 0 spiro atoms. The van der Waals surface area contributed by atoms with Crippen molar-refractivity contribution in [3.63, 3.8) is 0 Å². The number of hydrogen-bond donors (Lipinski definition) is 4. The lowest BCUT2D eigenvalue weighted by Gasteiger charge is -2.34. The van der Waals surface area contributed by atoms with Crippen LogP contribution in [0.15, 0.2) is 42.5 Å². The van der Waals surface area contributed by atoms with Gasteiger partial charge in [0.25, 0.3) is 0 Å². The van der Waals surface area contributed by atoms with Gasteiger partial charge in [-0.3, -0.25) is 14.4 Å². The van der Waals surface area contributed by atoms with Crippen molar-refractivity contribution in [1.29, 1.82) is 0 Å². The predicted molar refractivity (Wildman–Crippen MR) is 180 cm³/mol. The Labute approximate surface area is 284 Å². The van der Waals surface area contributed by atoms with E-state index in [0.717, 1.165) is 5.56 Å². The zero-order chi connectivity index (χ0) is 36.1. The van der Waals surface area contributed by atoms with Crippen molar-refractivity contribution in [3.8, 4) is 0 Å². The molecular formula is C35H54N4O9. The van der Waals surface area contributed by atoms with Crippen LogP contribution in [-0.4, -0.2) is 84.5 Å². The number of esters is 1. The summed E-state index contributed by atoms with van der Waals surface area (Å²) in [5.41, 5.74) is -0.591. The largest absolute Gasteiger partial charge is 0.463 e. The molecule has 4 amide bonds. The molecule has 1 heterocycles. The third-order valence-corrected chi connectivity index (χ3v) is 7.15. The normalized spacial score (nSPS) is 18.2. The van der Waals surface area contributed by atoms with E-state index < -0.39 is 65.4 Å². The summed E-state index contributed by atoms with van der Waals surface area (Å²) >= 11 is 0. The van der Waals surface area contributed by atoms with Crippen LogP contribution in [0.3, 0.4) is 0 Å². The number of rotatable bonds is 16. The Balaban J connectivity index is 2.34.